The molecular formula is C13H10N2O2S2. The van der Waals surface area contributed by atoms with Crippen LogP contribution in [-0.2, 0) is 4.79 Å². The van der Waals surface area contributed by atoms with Gasteiger partial charge in [0.05, 0.1) is 15.8 Å². The summed E-state index contributed by atoms with van der Waals surface area (Å²) in [6.45, 7) is -0.165. The highest BCUT2D eigenvalue weighted by Crippen LogP contribution is 2.37. The van der Waals surface area contributed by atoms with Crippen LogP contribution in [0.4, 0.5) is 0 Å². The second-order valence-electron chi connectivity index (χ2n) is 3.63. The van der Waals surface area contributed by atoms with Crippen molar-refractivity contribution >= 4 is 44.9 Å². The average molecular weight is 290 g/mol. The van der Waals surface area contributed by atoms with Crippen molar-refractivity contribution in [3.63, 3.8) is 0 Å². The van der Waals surface area contributed by atoms with Crippen molar-refractivity contribution in [2.45, 2.75) is 4.21 Å². The summed E-state index contributed by atoms with van der Waals surface area (Å²) in [5.41, 5.74) is 0.434. The number of amides is 1. The van der Waals surface area contributed by atoms with Gasteiger partial charge in [-0.3, -0.25) is 9.59 Å². The van der Waals surface area contributed by atoms with Crippen LogP contribution in [0.3, 0.4) is 0 Å². The lowest BCUT2D eigenvalue weighted by molar-refractivity contribution is -0.116. The van der Waals surface area contributed by atoms with Crippen LogP contribution in [0.1, 0.15) is 10.4 Å². The number of hydrogen-bond donors (Lipinski definition) is 1. The maximum atomic E-state index is 12.2. The van der Waals surface area contributed by atoms with Gasteiger partial charge in [0, 0.05) is 10.1 Å². The number of nitrogens with zero attached hydrogens (tertiary/aromatic N) is 1. The molecule has 0 fully saturated rings. The van der Waals surface area contributed by atoms with E-state index < -0.39 is 11.7 Å². The van der Waals surface area contributed by atoms with E-state index in [1.165, 1.54) is 23.1 Å². The predicted molar refractivity (Wildman–Crippen MR) is 76.6 cm³/mol. The number of ketones is 1. The third-order valence-electron chi connectivity index (χ3n) is 2.51. The number of thioether (sulfide) groups is 1. The van der Waals surface area contributed by atoms with Gasteiger partial charge in [-0.25, -0.2) is 0 Å². The summed E-state index contributed by atoms with van der Waals surface area (Å²) in [5, 5.41) is 11.5. The summed E-state index contributed by atoms with van der Waals surface area (Å²) in [5.74, 6) is -1.32. The normalized spacial score (nSPS) is 10.1. The Hall–Kier alpha value is -1.84. The molecule has 19 heavy (non-hydrogen) atoms. The number of fused-ring (bicyclic) bond motifs is 1. The summed E-state index contributed by atoms with van der Waals surface area (Å²) in [7, 11) is 0. The van der Waals surface area contributed by atoms with E-state index in [0.29, 0.717) is 5.56 Å². The second kappa shape index (κ2) is 5.87. The molecule has 0 unspecified atom stereocenters. The number of rotatable bonds is 4. The molecule has 1 N–H and O–H groups in total. The minimum absolute atomic E-state index is 0.165. The Bertz CT molecular complexity index is 685. The summed E-state index contributed by atoms with van der Waals surface area (Å²) in [6, 6.07) is 9.26. The lowest BCUT2D eigenvalue weighted by Gasteiger charge is -2.01. The van der Waals surface area contributed by atoms with Crippen LogP contribution in [-0.4, -0.2) is 24.5 Å². The van der Waals surface area contributed by atoms with Crippen LogP contribution in [0.2, 0.25) is 0 Å². The van der Waals surface area contributed by atoms with Crippen molar-refractivity contribution in [1.82, 2.24) is 5.32 Å². The second-order valence-corrected chi connectivity index (χ2v) is 5.76. The van der Waals surface area contributed by atoms with Gasteiger partial charge < -0.3 is 5.32 Å². The third-order valence-corrected chi connectivity index (χ3v) is 4.80. The van der Waals surface area contributed by atoms with Crippen molar-refractivity contribution in [2.75, 3.05) is 12.8 Å². The number of nitriles is 1. The number of thiophene rings is 1. The van der Waals surface area contributed by atoms with Gasteiger partial charge in [0.1, 0.15) is 6.54 Å². The molecule has 4 nitrogen and oxygen atoms in total. The fraction of sp³-hybridized carbons (Fsp3) is 0.154. The molecule has 0 atom stereocenters. The first kappa shape index (κ1) is 13.6. The minimum atomic E-state index is -0.736. The van der Waals surface area contributed by atoms with E-state index in [2.05, 4.69) is 5.32 Å². The molecule has 0 saturated heterocycles. The van der Waals surface area contributed by atoms with Gasteiger partial charge in [-0.15, -0.1) is 23.1 Å². The summed E-state index contributed by atoms with van der Waals surface area (Å²) >= 11 is 2.93. The molecule has 6 heteroatoms. The Morgan fingerprint density at radius 1 is 1.42 bits per heavy atom. The Morgan fingerprint density at radius 3 is 2.84 bits per heavy atom. The highest BCUT2D eigenvalue weighted by molar-refractivity contribution is 8.00. The van der Waals surface area contributed by atoms with E-state index in [-0.39, 0.29) is 6.54 Å². The average Bonchev–Trinajstić information content (AvgIpc) is 2.82. The zero-order valence-electron chi connectivity index (χ0n) is 10.1. The molecule has 0 bridgehead atoms. The molecule has 2 rings (SSSR count). The maximum absolute atomic E-state index is 12.2. The number of benzene rings is 1. The van der Waals surface area contributed by atoms with E-state index in [1.807, 2.05) is 30.5 Å². The molecule has 1 aromatic heterocycles. The van der Waals surface area contributed by atoms with Crippen LogP contribution < -0.4 is 5.32 Å². The lowest BCUT2D eigenvalue weighted by Crippen LogP contribution is -2.31. The summed E-state index contributed by atoms with van der Waals surface area (Å²) < 4.78 is 1.79. The largest absolute Gasteiger partial charge is 0.336 e. The lowest BCUT2D eigenvalue weighted by atomic mass is 10.1. The van der Waals surface area contributed by atoms with Crippen molar-refractivity contribution in [3.8, 4) is 6.07 Å². The van der Waals surface area contributed by atoms with Crippen molar-refractivity contribution in [3.05, 3.63) is 29.8 Å². The smallest absolute Gasteiger partial charge is 0.293 e. The molecule has 1 aromatic carbocycles. The first-order chi connectivity index (χ1) is 9.19. The standard InChI is InChI=1S/C13H10N2O2S2/c1-18-13-10(11(16)12(17)15-7-6-14)8-4-2-3-5-9(8)19-13/h2-5H,7H2,1H3,(H,15,17). The van der Waals surface area contributed by atoms with E-state index in [0.717, 1.165) is 14.3 Å². The van der Waals surface area contributed by atoms with Gasteiger partial charge in [0.15, 0.2) is 0 Å². The third kappa shape index (κ3) is 2.62. The molecule has 1 amide bonds. The number of carbonyl (C=O) groups is 2. The maximum Gasteiger partial charge on any atom is 0.293 e. The molecule has 0 radical (unpaired) electrons. The molecular weight excluding hydrogens is 280 g/mol. The highest BCUT2D eigenvalue weighted by Gasteiger charge is 2.23. The molecule has 0 aliphatic heterocycles. The number of nitrogens with one attached hydrogen (secondary N) is 1. The number of carbonyl (C=O) groups excluding carboxylic acids is 2. The fourth-order valence-corrected chi connectivity index (χ4v) is 3.64. The molecule has 0 aliphatic rings. The Labute approximate surface area is 118 Å². The number of hydrogen-bond acceptors (Lipinski definition) is 5. The van der Waals surface area contributed by atoms with E-state index in [9.17, 15) is 9.59 Å². The topological polar surface area (TPSA) is 70.0 Å². The number of Topliss-reactive ketones (excluding diaryl/α,β-unsaturated/α-hetero) is 1. The molecule has 0 aliphatic carbocycles. The van der Waals surface area contributed by atoms with Gasteiger partial charge in [-0.1, -0.05) is 18.2 Å². The Kier molecular flexibility index (Phi) is 4.20. The fourth-order valence-electron chi connectivity index (χ4n) is 1.70. The molecule has 0 spiro atoms. The van der Waals surface area contributed by atoms with Crippen LogP contribution in [0, 0.1) is 11.3 Å². The molecule has 96 valence electrons. The Balaban J connectivity index is 2.46. The van der Waals surface area contributed by atoms with Crippen molar-refractivity contribution < 1.29 is 9.59 Å². The molecule has 0 saturated carbocycles. The van der Waals surface area contributed by atoms with Crippen LogP contribution >= 0.6 is 23.1 Å². The van der Waals surface area contributed by atoms with Gasteiger partial charge in [0.2, 0.25) is 0 Å². The van der Waals surface area contributed by atoms with Crippen LogP contribution in [0.15, 0.2) is 28.5 Å². The zero-order valence-corrected chi connectivity index (χ0v) is 11.7. The zero-order chi connectivity index (χ0) is 13.8. The van der Waals surface area contributed by atoms with Gasteiger partial charge in [0.25, 0.3) is 11.7 Å². The molecule has 2 aromatic rings. The predicted octanol–water partition coefficient (Wildman–Crippen LogP) is 2.45. The molecule has 1 heterocycles. The summed E-state index contributed by atoms with van der Waals surface area (Å²) in [6.07, 6.45) is 1.87. The van der Waals surface area contributed by atoms with Crippen molar-refractivity contribution in [2.24, 2.45) is 0 Å². The monoisotopic (exact) mass is 290 g/mol. The quantitative estimate of drug-likeness (QED) is 0.406. The van der Waals surface area contributed by atoms with E-state index in [4.69, 9.17) is 5.26 Å². The van der Waals surface area contributed by atoms with Crippen LogP contribution in [0.25, 0.3) is 10.1 Å². The minimum Gasteiger partial charge on any atom is -0.336 e. The van der Waals surface area contributed by atoms with Gasteiger partial charge in [-0.05, 0) is 12.3 Å². The van der Waals surface area contributed by atoms with Gasteiger partial charge >= 0.3 is 0 Å². The van der Waals surface area contributed by atoms with E-state index >= 15 is 0 Å². The highest BCUT2D eigenvalue weighted by atomic mass is 32.2. The first-order valence-electron chi connectivity index (χ1n) is 5.44. The Morgan fingerprint density at radius 2 is 2.16 bits per heavy atom. The van der Waals surface area contributed by atoms with E-state index in [1.54, 1.807) is 6.07 Å². The summed E-state index contributed by atoms with van der Waals surface area (Å²) in [4.78, 5) is 23.9. The first-order valence-corrected chi connectivity index (χ1v) is 7.48. The SMILES string of the molecule is CSc1sc2ccccc2c1C(=O)C(=O)NCC#N. The van der Waals surface area contributed by atoms with Crippen LogP contribution in [0.5, 0.6) is 0 Å². The van der Waals surface area contributed by atoms with Crippen molar-refractivity contribution in [1.29, 1.82) is 5.26 Å². The van der Waals surface area contributed by atoms with Gasteiger partial charge in [-0.2, -0.15) is 5.26 Å².